The summed E-state index contributed by atoms with van der Waals surface area (Å²) in [6.07, 6.45) is 5.26. The van der Waals surface area contributed by atoms with Gasteiger partial charge in [0, 0.05) is 22.8 Å². The van der Waals surface area contributed by atoms with Gasteiger partial charge in [-0.15, -0.1) is 11.8 Å². The summed E-state index contributed by atoms with van der Waals surface area (Å²) >= 11 is 1.73. The molecule has 0 atom stereocenters. The molecule has 0 bridgehead atoms. The second-order valence-electron chi connectivity index (χ2n) is 5.61. The van der Waals surface area contributed by atoms with E-state index in [2.05, 4.69) is 29.6 Å². The van der Waals surface area contributed by atoms with Gasteiger partial charge in [0.15, 0.2) is 0 Å². The zero-order valence-electron chi connectivity index (χ0n) is 12.7. The van der Waals surface area contributed by atoms with Crippen molar-refractivity contribution in [2.24, 2.45) is 0 Å². The van der Waals surface area contributed by atoms with E-state index in [-0.39, 0.29) is 5.91 Å². The number of nitrogens with one attached hydrogen (secondary N) is 1. The number of carbonyl (C=O) groups excluding carboxylic acids is 1. The average Bonchev–Trinajstić information content (AvgIpc) is 2.56. The van der Waals surface area contributed by atoms with Crippen LogP contribution in [0.25, 0.3) is 0 Å². The van der Waals surface area contributed by atoms with Crippen LogP contribution in [0.3, 0.4) is 0 Å². The maximum atomic E-state index is 12.2. The van der Waals surface area contributed by atoms with Crippen LogP contribution in [0.15, 0.2) is 53.4 Å². The van der Waals surface area contributed by atoms with Crippen molar-refractivity contribution in [2.75, 3.05) is 11.1 Å². The van der Waals surface area contributed by atoms with Crippen molar-refractivity contribution < 1.29 is 4.79 Å². The largest absolute Gasteiger partial charge is 0.326 e. The Balaban J connectivity index is 1.54. The van der Waals surface area contributed by atoms with Crippen molar-refractivity contribution in [3.8, 4) is 0 Å². The molecule has 2 nitrogen and oxygen atoms in total. The summed E-state index contributed by atoms with van der Waals surface area (Å²) in [6, 6.07) is 16.5. The van der Waals surface area contributed by atoms with E-state index in [4.69, 9.17) is 0 Å². The van der Waals surface area contributed by atoms with Crippen LogP contribution < -0.4 is 5.32 Å². The minimum Gasteiger partial charge on any atom is -0.326 e. The number of amides is 1. The first-order valence-corrected chi connectivity index (χ1v) is 8.90. The molecule has 1 N–H and O–H groups in total. The number of hydrogen-bond acceptors (Lipinski definition) is 2. The van der Waals surface area contributed by atoms with Crippen LogP contribution in [0.2, 0.25) is 0 Å². The van der Waals surface area contributed by atoms with Gasteiger partial charge in [0.1, 0.15) is 0 Å². The number of aryl methyl sites for hydroxylation is 1. The highest BCUT2D eigenvalue weighted by Gasteiger charge is 2.14. The van der Waals surface area contributed by atoms with Gasteiger partial charge >= 0.3 is 0 Å². The maximum Gasteiger partial charge on any atom is 0.225 e. The lowest BCUT2D eigenvalue weighted by Crippen LogP contribution is -2.15. The van der Waals surface area contributed by atoms with Crippen LogP contribution in [0.4, 0.5) is 5.69 Å². The summed E-state index contributed by atoms with van der Waals surface area (Å²) in [4.78, 5) is 13.4. The zero-order chi connectivity index (χ0) is 15.2. The zero-order valence-corrected chi connectivity index (χ0v) is 13.5. The molecule has 0 saturated heterocycles. The lowest BCUT2D eigenvalue weighted by molar-refractivity contribution is -0.115. The normalized spacial score (nSPS) is 13.5. The first-order chi connectivity index (χ1) is 10.8. The monoisotopic (exact) mass is 311 g/mol. The standard InChI is InChI=1S/C19H21NOS/c21-19(13-14-22-16-9-2-1-3-10-16)20-18-12-6-8-15-7-4-5-11-17(15)18/h1-3,6,8-10,12H,4-5,7,11,13-14H2,(H,20,21). The molecule has 0 fully saturated rings. The Labute approximate surface area is 136 Å². The maximum absolute atomic E-state index is 12.2. The second kappa shape index (κ2) is 7.50. The molecule has 0 radical (unpaired) electrons. The van der Waals surface area contributed by atoms with Crippen LogP contribution in [0.5, 0.6) is 0 Å². The predicted octanol–water partition coefficient (Wildman–Crippen LogP) is 4.69. The topological polar surface area (TPSA) is 29.1 Å². The number of anilines is 1. The third-order valence-electron chi connectivity index (χ3n) is 4.01. The van der Waals surface area contributed by atoms with E-state index in [9.17, 15) is 4.79 Å². The molecule has 2 aromatic rings. The Morgan fingerprint density at radius 1 is 1.00 bits per heavy atom. The van der Waals surface area contributed by atoms with Crippen LogP contribution in [0, 0.1) is 0 Å². The smallest absolute Gasteiger partial charge is 0.225 e. The van der Waals surface area contributed by atoms with E-state index in [1.807, 2.05) is 24.3 Å². The second-order valence-corrected chi connectivity index (χ2v) is 6.78. The summed E-state index contributed by atoms with van der Waals surface area (Å²) in [5, 5.41) is 3.10. The van der Waals surface area contributed by atoms with Crippen molar-refractivity contribution in [3.63, 3.8) is 0 Å². The third-order valence-corrected chi connectivity index (χ3v) is 5.02. The van der Waals surface area contributed by atoms with Gasteiger partial charge in [0.05, 0.1) is 0 Å². The van der Waals surface area contributed by atoms with E-state index in [1.165, 1.54) is 28.9 Å². The number of hydrogen-bond donors (Lipinski definition) is 1. The summed E-state index contributed by atoms with van der Waals surface area (Å²) in [6.45, 7) is 0. The van der Waals surface area contributed by atoms with Crippen LogP contribution >= 0.6 is 11.8 Å². The van der Waals surface area contributed by atoms with Crippen LogP contribution in [0.1, 0.15) is 30.4 Å². The van der Waals surface area contributed by atoms with Crippen molar-refractivity contribution in [2.45, 2.75) is 37.0 Å². The molecule has 1 aliphatic rings. The Kier molecular flexibility index (Phi) is 5.17. The molecule has 1 aliphatic carbocycles. The first-order valence-electron chi connectivity index (χ1n) is 7.91. The highest BCUT2D eigenvalue weighted by atomic mass is 32.2. The van der Waals surface area contributed by atoms with Gasteiger partial charge in [-0.3, -0.25) is 4.79 Å². The molecule has 1 amide bonds. The summed E-state index contributed by atoms with van der Waals surface area (Å²) < 4.78 is 0. The van der Waals surface area contributed by atoms with Gasteiger partial charge in [-0.05, 0) is 55.0 Å². The number of rotatable bonds is 5. The molecule has 2 aromatic carbocycles. The Bertz CT molecular complexity index is 639. The molecule has 114 valence electrons. The first kappa shape index (κ1) is 15.2. The highest BCUT2D eigenvalue weighted by molar-refractivity contribution is 7.99. The van der Waals surface area contributed by atoms with Gasteiger partial charge < -0.3 is 5.32 Å². The number of fused-ring (bicyclic) bond motifs is 1. The Morgan fingerprint density at radius 3 is 2.68 bits per heavy atom. The van der Waals surface area contributed by atoms with Gasteiger partial charge in [-0.2, -0.15) is 0 Å². The van der Waals surface area contributed by atoms with Crippen molar-refractivity contribution in [1.29, 1.82) is 0 Å². The molecular formula is C19H21NOS. The predicted molar refractivity (Wildman–Crippen MR) is 93.5 cm³/mol. The Morgan fingerprint density at radius 2 is 1.82 bits per heavy atom. The molecule has 0 spiro atoms. The molecule has 3 heteroatoms. The summed E-state index contributed by atoms with van der Waals surface area (Å²) in [5.41, 5.74) is 3.77. The van der Waals surface area contributed by atoms with Crippen molar-refractivity contribution >= 4 is 23.4 Å². The fourth-order valence-electron chi connectivity index (χ4n) is 2.89. The van der Waals surface area contributed by atoms with Crippen LogP contribution in [-0.2, 0) is 17.6 Å². The van der Waals surface area contributed by atoms with Gasteiger partial charge in [-0.25, -0.2) is 0 Å². The van der Waals surface area contributed by atoms with Gasteiger partial charge in [0.25, 0.3) is 0 Å². The van der Waals surface area contributed by atoms with Crippen LogP contribution in [-0.4, -0.2) is 11.7 Å². The fourth-order valence-corrected chi connectivity index (χ4v) is 3.76. The SMILES string of the molecule is O=C(CCSc1ccccc1)Nc1cccc2c1CCCC2. The van der Waals surface area contributed by atoms with Gasteiger partial charge in [0.2, 0.25) is 5.91 Å². The summed E-state index contributed by atoms with van der Waals surface area (Å²) in [7, 11) is 0. The van der Waals surface area contributed by atoms with Crippen molar-refractivity contribution in [3.05, 3.63) is 59.7 Å². The fraction of sp³-hybridized carbons (Fsp3) is 0.316. The average molecular weight is 311 g/mol. The van der Waals surface area contributed by atoms with E-state index < -0.39 is 0 Å². The highest BCUT2D eigenvalue weighted by Crippen LogP contribution is 2.28. The number of thioether (sulfide) groups is 1. The van der Waals surface area contributed by atoms with E-state index in [1.54, 1.807) is 11.8 Å². The molecule has 22 heavy (non-hydrogen) atoms. The minimum atomic E-state index is 0.113. The van der Waals surface area contributed by atoms with E-state index >= 15 is 0 Å². The van der Waals surface area contributed by atoms with E-state index in [0.717, 1.165) is 24.3 Å². The van der Waals surface area contributed by atoms with Gasteiger partial charge in [-0.1, -0.05) is 30.3 Å². The number of carbonyl (C=O) groups is 1. The molecule has 0 aromatic heterocycles. The minimum absolute atomic E-state index is 0.113. The number of benzene rings is 2. The summed E-state index contributed by atoms with van der Waals surface area (Å²) in [5.74, 6) is 0.924. The quantitative estimate of drug-likeness (QED) is 0.812. The lowest BCUT2D eigenvalue weighted by Gasteiger charge is -2.19. The lowest BCUT2D eigenvalue weighted by atomic mass is 9.90. The molecule has 0 aliphatic heterocycles. The molecule has 0 saturated carbocycles. The molecule has 0 heterocycles. The third kappa shape index (κ3) is 3.92. The van der Waals surface area contributed by atoms with E-state index in [0.29, 0.717) is 6.42 Å². The Hall–Kier alpha value is -1.74. The molecule has 0 unspecified atom stereocenters. The molecule has 3 rings (SSSR count). The van der Waals surface area contributed by atoms with Crippen molar-refractivity contribution in [1.82, 2.24) is 0 Å². The molecular weight excluding hydrogens is 290 g/mol.